The maximum atomic E-state index is 5.16. The van der Waals surface area contributed by atoms with E-state index in [9.17, 15) is 0 Å². The van der Waals surface area contributed by atoms with Crippen molar-refractivity contribution in [2.45, 2.75) is 6.92 Å². The van der Waals surface area contributed by atoms with Crippen molar-refractivity contribution < 1.29 is 0 Å². The topological polar surface area (TPSA) is 28.7 Å². The van der Waals surface area contributed by atoms with Gasteiger partial charge in [-0.05, 0) is 29.7 Å². The Kier molecular flexibility index (Phi) is 3.44. The zero-order chi connectivity index (χ0) is 13.9. The van der Waals surface area contributed by atoms with Crippen molar-refractivity contribution in [3.05, 3.63) is 71.1 Å². The number of hydrogen-bond acceptors (Lipinski definition) is 2. The summed E-state index contributed by atoms with van der Waals surface area (Å²) in [5.74, 6) is 0.833. The van der Waals surface area contributed by atoms with Crippen LogP contribution in [0.25, 0.3) is 22.4 Å². The second-order valence-corrected chi connectivity index (χ2v) is 5.08. The Balaban J connectivity index is 1.99. The lowest BCUT2D eigenvalue weighted by Gasteiger charge is -2.06. The van der Waals surface area contributed by atoms with E-state index in [2.05, 4.69) is 46.4 Å². The maximum absolute atomic E-state index is 5.16. The molecule has 2 nitrogen and oxygen atoms in total. The summed E-state index contributed by atoms with van der Waals surface area (Å²) in [6.45, 7) is 1.91. The molecule has 3 rings (SSSR count). The molecule has 0 spiro atoms. The Hall–Kier alpha value is -2.26. The lowest BCUT2D eigenvalue weighted by atomic mass is 10.0. The van der Waals surface area contributed by atoms with Gasteiger partial charge in [0.05, 0.1) is 0 Å². The number of aromatic amines is 1. The minimum Gasteiger partial charge on any atom is -0.343 e. The first-order valence-electron chi connectivity index (χ1n) is 6.46. The van der Waals surface area contributed by atoms with Crippen molar-refractivity contribution in [3.63, 3.8) is 0 Å². The summed E-state index contributed by atoms with van der Waals surface area (Å²) in [6, 6.07) is 20.7. The number of hydrogen-bond donors (Lipinski definition) is 1. The van der Waals surface area contributed by atoms with Crippen LogP contribution in [0.5, 0.6) is 0 Å². The molecule has 0 aliphatic rings. The highest BCUT2D eigenvalue weighted by Gasteiger charge is 2.01. The molecule has 0 radical (unpaired) electrons. The van der Waals surface area contributed by atoms with E-state index in [0.29, 0.717) is 4.64 Å². The molecule has 2 aromatic carbocycles. The van der Waals surface area contributed by atoms with Crippen molar-refractivity contribution in [1.29, 1.82) is 0 Å². The predicted octanol–water partition coefficient (Wildman–Crippen LogP) is 4.78. The van der Waals surface area contributed by atoms with Gasteiger partial charge >= 0.3 is 0 Å². The minimum atomic E-state index is 0.614. The van der Waals surface area contributed by atoms with Crippen molar-refractivity contribution in [1.82, 2.24) is 9.97 Å². The molecular weight excluding hydrogens is 264 g/mol. The Bertz CT molecular complexity index is 774. The third-order valence-electron chi connectivity index (χ3n) is 3.16. The zero-order valence-electron chi connectivity index (χ0n) is 11.1. The first-order valence-corrected chi connectivity index (χ1v) is 6.87. The number of aryl methyl sites for hydroxylation is 1. The fraction of sp³-hybridized carbons (Fsp3) is 0.0588. The summed E-state index contributed by atoms with van der Waals surface area (Å²) in [5.41, 5.74) is 4.54. The lowest BCUT2D eigenvalue weighted by Crippen LogP contribution is -1.91. The summed E-state index contributed by atoms with van der Waals surface area (Å²) in [7, 11) is 0. The van der Waals surface area contributed by atoms with Crippen LogP contribution in [0.1, 0.15) is 5.82 Å². The van der Waals surface area contributed by atoms with Gasteiger partial charge in [0.25, 0.3) is 0 Å². The third-order valence-corrected chi connectivity index (χ3v) is 3.37. The van der Waals surface area contributed by atoms with Crippen LogP contribution in [0.4, 0.5) is 0 Å². The van der Waals surface area contributed by atoms with Gasteiger partial charge in [0, 0.05) is 5.69 Å². The largest absolute Gasteiger partial charge is 0.343 e. The van der Waals surface area contributed by atoms with Crippen LogP contribution >= 0.6 is 12.2 Å². The fourth-order valence-corrected chi connectivity index (χ4v) is 2.46. The van der Waals surface area contributed by atoms with Crippen LogP contribution in [0.2, 0.25) is 0 Å². The quantitative estimate of drug-likeness (QED) is 0.683. The molecule has 0 aliphatic heterocycles. The molecule has 0 atom stereocenters. The van der Waals surface area contributed by atoms with Gasteiger partial charge in [-0.15, -0.1) is 0 Å². The fourth-order valence-electron chi connectivity index (χ4n) is 2.21. The standard InChI is InChI=1S/C17H14N2S/c1-12-18-16(11-17(20)19-12)15-9-7-14(8-10-15)13-5-3-2-4-6-13/h2-11H,1H3,(H,18,19,20). The molecule has 1 N–H and O–H groups in total. The minimum absolute atomic E-state index is 0.614. The van der Waals surface area contributed by atoms with Crippen molar-refractivity contribution in [2.75, 3.05) is 0 Å². The van der Waals surface area contributed by atoms with E-state index in [0.717, 1.165) is 17.1 Å². The highest BCUT2D eigenvalue weighted by Crippen LogP contribution is 2.23. The van der Waals surface area contributed by atoms with Gasteiger partial charge in [0.15, 0.2) is 0 Å². The molecule has 1 heterocycles. The Morgan fingerprint density at radius 3 is 2.10 bits per heavy atom. The van der Waals surface area contributed by atoms with Crippen molar-refractivity contribution in [2.24, 2.45) is 0 Å². The number of benzene rings is 2. The van der Waals surface area contributed by atoms with Crippen molar-refractivity contribution in [3.8, 4) is 22.4 Å². The number of H-pyrrole nitrogens is 1. The van der Waals surface area contributed by atoms with E-state index in [1.165, 1.54) is 11.1 Å². The van der Waals surface area contributed by atoms with Crippen molar-refractivity contribution >= 4 is 12.2 Å². The van der Waals surface area contributed by atoms with Crippen LogP contribution in [-0.4, -0.2) is 9.97 Å². The van der Waals surface area contributed by atoms with E-state index < -0.39 is 0 Å². The number of rotatable bonds is 2. The normalized spacial score (nSPS) is 10.4. The van der Waals surface area contributed by atoms with Gasteiger partial charge in [-0.1, -0.05) is 66.8 Å². The molecule has 0 unspecified atom stereocenters. The summed E-state index contributed by atoms with van der Waals surface area (Å²) in [6.07, 6.45) is 0. The molecule has 0 fully saturated rings. The molecule has 0 saturated heterocycles. The first kappa shape index (κ1) is 12.8. The summed E-state index contributed by atoms with van der Waals surface area (Å²) >= 11 is 5.16. The molecule has 3 aromatic rings. The molecular formula is C17H14N2S. The van der Waals surface area contributed by atoms with Crippen LogP contribution in [0, 0.1) is 11.6 Å². The molecule has 1 aromatic heterocycles. The SMILES string of the molecule is Cc1nc(=S)cc(-c2ccc(-c3ccccc3)cc2)[nH]1. The second-order valence-electron chi connectivity index (χ2n) is 4.66. The van der Waals surface area contributed by atoms with Crippen LogP contribution < -0.4 is 0 Å². The molecule has 0 bridgehead atoms. The summed E-state index contributed by atoms with van der Waals surface area (Å²) < 4.78 is 0.614. The van der Waals surface area contributed by atoms with Gasteiger partial charge in [0.1, 0.15) is 10.5 Å². The second kappa shape index (κ2) is 5.39. The van der Waals surface area contributed by atoms with Gasteiger partial charge < -0.3 is 4.98 Å². The van der Waals surface area contributed by atoms with Gasteiger partial charge in [-0.25, -0.2) is 4.98 Å². The van der Waals surface area contributed by atoms with Crippen LogP contribution in [0.3, 0.4) is 0 Å². The van der Waals surface area contributed by atoms with Gasteiger partial charge in [-0.3, -0.25) is 0 Å². The summed E-state index contributed by atoms with van der Waals surface area (Å²) in [4.78, 5) is 7.43. The molecule has 3 heteroatoms. The monoisotopic (exact) mass is 278 g/mol. The number of aromatic nitrogens is 2. The molecule has 0 amide bonds. The Morgan fingerprint density at radius 2 is 1.45 bits per heavy atom. The molecule has 98 valence electrons. The van der Waals surface area contributed by atoms with E-state index >= 15 is 0 Å². The predicted molar refractivity (Wildman–Crippen MR) is 85.0 cm³/mol. The number of nitrogens with zero attached hydrogens (tertiary/aromatic N) is 1. The molecule has 0 aliphatic carbocycles. The lowest BCUT2D eigenvalue weighted by molar-refractivity contribution is 1.05. The van der Waals surface area contributed by atoms with Gasteiger partial charge in [0.2, 0.25) is 0 Å². The molecule has 0 saturated carbocycles. The van der Waals surface area contributed by atoms with Gasteiger partial charge in [-0.2, -0.15) is 0 Å². The van der Waals surface area contributed by atoms with E-state index in [-0.39, 0.29) is 0 Å². The number of nitrogens with one attached hydrogen (secondary N) is 1. The zero-order valence-corrected chi connectivity index (χ0v) is 11.9. The van der Waals surface area contributed by atoms with Crippen LogP contribution in [0.15, 0.2) is 60.7 Å². The van der Waals surface area contributed by atoms with E-state index in [4.69, 9.17) is 12.2 Å². The Morgan fingerprint density at radius 1 is 0.850 bits per heavy atom. The van der Waals surface area contributed by atoms with Crippen LogP contribution in [-0.2, 0) is 0 Å². The maximum Gasteiger partial charge on any atom is 0.130 e. The average Bonchev–Trinajstić information content (AvgIpc) is 2.47. The highest BCUT2D eigenvalue weighted by atomic mass is 32.1. The smallest absolute Gasteiger partial charge is 0.130 e. The summed E-state index contributed by atoms with van der Waals surface area (Å²) in [5, 5.41) is 0. The Labute approximate surface area is 123 Å². The average molecular weight is 278 g/mol. The third kappa shape index (κ3) is 2.68. The van der Waals surface area contributed by atoms with E-state index in [1.54, 1.807) is 0 Å². The highest BCUT2D eigenvalue weighted by molar-refractivity contribution is 7.71. The molecule has 20 heavy (non-hydrogen) atoms. The van der Waals surface area contributed by atoms with E-state index in [1.807, 2.05) is 31.2 Å². The first-order chi connectivity index (χ1) is 9.72.